The van der Waals surface area contributed by atoms with Crippen molar-refractivity contribution in [2.24, 2.45) is 5.41 Å². The highest BCUT2D eigenvalue weighted by molar-refractivity contribution is 5.78. The molecule has 0 spiro atoms. The molecule has 4 nitrogen and oxygen atoms in total. The zero-order chi connectivity index (χ0) is 11.4. The standard InChI is InChI=1S/C12H22N2O2/c1-12(4-6-16-7-5-12)9-14-11(15)8-13-10-2-3-10/h10,13H,2-9H2,1H3,(H,14,15). The van der Waals surface area contributed by atoms with Crippen LogP contribution >= 0.6 is 0 Å². The topological polar surface area (TPSA) is 50.4 Å². The summed E-state index contributed by atoms with van der Waals surface area (Å²) in [6.45, 7) is 5.13. The Labute approximate surface area is 97.1 Å². The van der Waals surface area contributed by atoms with E-state index in [0.29, 0.717) is 12.6 Å². The zero-order valence-corrected chi connectivity index (χ0v) is 10.1. The van der Waals surface area contributed by atoms with Crippen molar-refractivity contribution in [2.45, 2.75) is 38.6 Å². The molecule has 0 bridgehead atoms. The van der Waals surface area contributed by atoms with Crippen LogP contribution in [0.1, 0.15) is 32.6 Å². The number of amides is 1. The molecule has 2 fully saturated rings. The van der Waals surface area contributed by atoms with E-state index < -0.39 is 0 Å². The van der Waals surface area contributed by atoms with Gasteiger partial charge in [-0.2, -0.15) is 0 Å². The molecule has 0 unspecified atom stereocenters. The highest BCUT2D eigenvalue weighted by atomic mass is 16.5. The van der Waals surface area contributed by atoms with Crippen molar-refractivity contribution in [3.05, 3.63) is 0 Å². The predicted octanol–water partition coefficient (Wildman–Crippen LogP) is 0.671. The molecule has 0 radical (unpaired) electrons. The number of rotatable bonds is 5. The second-order valence-electron chi connectivity index (χ2n) is 5.35. The Balaban J connectivity index is 1.62. The van der Waals surface area contributed by atoms with Gasteiger partial charge < -0.3 is 15.4 Å². The van der Waals surface area contributed by atoms with E-state index >= 15 is 0 Å². The molecule has 2 aliphatic rings. The lowest BCUT2D eigenvalue weighted by atomic mass is 9.82. The van der Waals surface area contributed by atoms with Crippen LogP contribution in [0.3, 0.4) is 0 Å². The van der Waals surface area contributed by atoms with Crippen LogP contribution in [0.15, 0.2) is 0 Å². The monoisotopic (exact) mass is 226 g/mol. The number of carbonyl (C=O) groups excluding carboxylic acids is 1. The van der Waals surface area contributed by atoms with E-state index in [1.54, 1.807) is 0 Å². The summed E-state index contributed by atoms with van der Waals surface area (Å²) in [7, 11) is 0. The van der Waals surface area contributed by atoms with Gasteiger partial charge in [0.1, 0.15) is 0 Å². The molecule has 1 aliphatic heterocycles. The first kappa shape index (κ1) is 11.9. The van der Waals surface area contributed by atoms with Crippen molar-refractivity contribution < 1.29 is 9.53 Å². The lowest BCUT2D eigenvalue weighted by Gasteiger charge is -2.33. The Kier molecular flexibility index (Phi) is 3.82. The van der Waals surface area contributed by atoms with Crippen LogP contribution in [0, 0.1) is 5.41 Å². The summed E-state index contributed by atoms with van der Waals surface area (Å²) >= 11 is 0. The van der Waals surface area contributed by atoms with Gasteiger partial charge in [-0.1, -0.05) is 6.92 Å². The van der Waals surface area contributed by atoms with Gasteiger partial charge in [0.15, 0.2) is 0 Å². The number of hydrogen-bond acceptors (Lipinski definition) is 3. The summed E-state index contributed by atoms with van der Waals surface area (Å²) in [6, 6.07) is 0.601. The SMILES string of the molecule is CC1(CNC(=O)CNC2CC2)CCOCC1. The first-order valence-corrected chi connectivity index (χ1v) is 6.26. The van der Waals surface area contributed by atoms with Crippen LogP contribution < -0.4 is 10.6 Å². The van der Waals surface area contributed by atoms with Crippen molar-refractivity contribution in [1.82, 2.24) is 10.6 Å². The largest absolute Gasteiger partial charge is 0.381 e. The van der Waals surface area contributed by atoms with Gasteiger partial charge in [-0.3, -0.25) is 4.79 Å². The van der Waals surface area contributed by atoms with Gasteiger partial charge >= 0.3 is 0 Å². The van der Waals surface area contributed by atoms with Gasteiger partial charge in [-0.05, 0) is 31.1 Å². The Bertz CT molecular complexity index is 245. The summed E-state index contributed by atoms with van der Waals surface area (Å²) in [6.07, 6.45) is 4.54. The summed E-state index contributed by atoms with van der Waals surface area (Å²) in [4.78, 5) is 11.6. The molecule has 2 rings (SSSR count). The molecule has 4 heteroatoms. The summed E-state index contributed by atoms with van der Waals surface area (Å²) in [5.41, 5.74) is 0.230. The number of hydrogen-bond donors (Lipinski definition) is 2. The van der Waals surface area contributed by atoms with E-state index in [9.17, 15) is 4.79 Å². The van der Waals surface area contributed by atoms with Crippen molar-refractivity contribution in [2.75, 3.05) is 26.3 Å². The molecule has 1 saturated carbocycles. The Morgan fingerprint density at radius 2 is 2.06 bits per heavy atom. The second kappa shape index (κ2) is 5.15. The fourth-order valence-electron chi connectivity index (χ4n) is 1.94. The van der Waals surface area contributed by atoms with E-state index in [1.807, 2.05) is 0 Å². The summed E-state index contributed by atoms with van der Waals surface area (Å²) in [5, 5.41) is 6.24. The lowest BCUT2D eigenvalue weighted by Crippen LogP contribution is -2.42. The molecule has 1 heterocycles. The second-order valence-corrected chi connectivity index (χ2v) is 5.35. The molecule has 0 aromatic heterocycles. The molecule has 92 valence electrons. The molecule has 1 saturated heterocycles. The summed E-state index contributed by atoms with van der Waals surface area (Å²) < 4.78 is 5.33. The third kappa shape index (κ3) is 3.76. The van der Waals surface area contributed by atoms with E-state index in [4.69, 9.17) is 4.74 Å². The van der Waals surface area contributed by atoms with E-state index in [-0.39, 0.29) is 11.3 Å². The van der Waals surface area contributed by atoms with E-state index in [2.05, 4.69) is 17.6 Å². The lowest BCUT2D eigenvalue weighted by molar-refractivity contribution is -0.121. The number of nitrogens with one attached hydrogen (secondary N) is 2. The van der Waals surface area contributed by atoms with Crippen molar-refractivity contribution in [1.29, 1.82) is 0 Å². The first-order chi connectivity index (χ1) is 7.68. The Morgan fingerprint density at radius 1 is 1.38 bits per heavy atom. The minimum absolute atomic E-state index is 0.125. The Morgan fingerprint density at radius 3 is 2.69 bits per heavy atom. The quantitative estimate of drug-likeness (QED) is 0.724. The van der Waals surface area contributed by atoms with E-state index in [0.717, 1.165) is 32.6 Å². The third-order valence-corrected chi connectivity index (χ3v) is 3.54. The molecular weight excluding hydrogens is 204 g/mol. The van der Waals surface area contributed by atoms with Gasteiger partial charge in [0.25, 0.3) is 0 Å². The zero-order valence-electron chi connectivity index (χ0n) is 10.1. The van der Waals surface area contributed by atoms with E-state index in [1.165, 1.54) is 12.8 Å². The molecule has 16 heavy (non-hydrogen) atoms. The molecule has 0 atom stereocenters. The first-order valence-electron chi connectivity index (χ1n) is 6.26. The maximum Gasteiger partial charge on any atom is 0.233 e. The average molecular weight is 226 g/mol. The maximum absolute atomic E-state index is 11.6. The van der Waals surface area contributed by atoms with Crippen LogP contribution in [0.4, 0.5) is 0 Å². The molecule has 2 N–H and O–H groups in total. The smallest absolute Gasteiger partial charge is 0.233 e. The molecule has 0 aromatic carbocycles. The maximum atomic E-state index is 11.6. The summed E-state index contributed by atoms with van der Waals surface area (Å²) in [5.74, 6) is 0.125. The van der Waals surface area contributed by atoms with Crippen LogP contribution in [0.2, 0.25) is 0 Å². The van der Waals surface area contributed by atoms with Gasteiger partial charge in [-0.15, -0.1) is 0 Å². The fraction of sp³-hybridized carbons (Fsp3) is 0.917. The molecule has 1 aliphatic carbocycles. The van der Waals surface area contributed by atoms with Gasteiger partial charge in [0.2, 0.25) is 5.91 Å². The average Bonchev–Trinajstić information content (AvgIpc) is 3.09. The van der Waals surface area contributed by atoms with Gasteiger partial charge in [0.05, 0.1) is 6.54 Å². The minimum Gasteiger partial charge on any atom is -0.381 e. The van der Waals surface area contributed by atoms with Crippen molar-refractivity contribution in [3.8, 4) is 0 Å². The van der Waals surface area contributed by atoms with Crippen molar-refractivity contribution in [3.63, 3.8) is 0 Å². The highest BCUT2D eigenvalue weighted by Crippen LogP contribution is 2.28. The highest BCUT2D eigenvalue weighted by Gasteiger charge is 2.28. The molecule has 1 amide bonds. The predicted molar refractivity (Wildman–Crippen MR) is 62.2 cm³/mol. The minimum atomic E-state index is 0.125. The van der Waals surface area contributed by atoms with Gasteiger partial charge in [-0.25, -0.2) is 0 Å². The third-order valence-electron chi connectivity index (χ3n) is 3.54. The number of ether oxygens (including phenoxy) is 1. The van der Waals surface area contributed by atoms with Crippen LogP contribution in [0.5, 0.6) is 0 Å². The normalized spacial score (nSPS) is 24.1. The number of carbonyl (C=O) groups is 1. The molecule has 0 aromatic rings. The van der Waals surface area contributed by atoms with Crippen LogP contribution in [0.25, 0.3) is 0 Å². The van der Waals surface area contributed by atoms with Gasteiger partial charge in [0, 0.05) is 25.8 Å². The molecular formula is C12H22N2O2. The fourth-order valence-corrected chi connectivity index (χ4v) is 1.94. The van der Waals surface area contributed by atoms with Crippen LogP contribution in [-0.4, -0.2) is 38.3 Å². The van der Waals surface area contributed by atoms with Crippen molar-refractivity contribution >= 4 is 5.91 Å². The Hall–Kier alpha value is -0.610. The van der Waals surface area contributed by atoms with Crippen LogP contribution in [-0.2, 0) is 9.53 Å².